The number of fused-ring (bicyclic) bond motifs is 1. The molecule has 0 spiro atoms. The van der Waals surface area contributed by atoms with E-state index >= 15 is 0 Å². The van der Waals surface area contributed by atoms with E-state index in [-0.39, 0.29) is 6.42 Å². The lowest BCUT2D eigenvalue weighted by atomic mass is 10.1. The number of ether oxygens (including phenoxy) is 1. The van der Waals surface area contributed by atoms with Crippen LogP contribution in [0.3, 0.4) is 0 Å². The van der Waals surface area contributed by atoms with Gasteiger partial charge in [0, 0.05) is 17.0 Å². The highest BCUT2D eigenvalue weighted by Gasteiger charge is 2.10. The lowest BCUT2D eigenvalue weighted by molar-refractivity contribution is -0.136. The molecule has 0 atom stereocenters. The van der Waals surface area contributed by atoms with Gasteiger partial charge < -0.3 is 14.3 Å². The Bertz CT molecular complexity index is 630. The fourth-order valence-corrected chi connectivity index (χ4v) is 2.88. The highest BCUT2D eigenvalue weighted by Crippen LogP contribution is 2.26. The van der Waals surface area contributed by atoms with Crippen LogP contribution in [0.15, 0.2) is 28.9 Å². The molecule has 0 amide bonds. The van der Waals surface area contributed by atoms with Crippen LogP contribution in [-0.4, -0.2) is 17.7 Å². The Morgan fingerprint density at radius 1 is 1.08 bits per heavy atom. The molecule has 0 bridgehead atoms. The molecular formula is C20H28O4. The van der Waals surface area contributed by atoms with Crippen LogP contribution in [0.5, 0.6) is 5.75 Å². The van der Waals surface area contributed by atoms with E-state index < -0.39 is 5.97 Å². The largest absolute Gasteiger partial charge is 0.493 e. The second-order valence-electron chi connectivity index (χ2n) is 6.31. The van der Waals surface area contributed by atoms with E-state index in [1.807, 2.05) is 18.2 Å². The van der Waals surface area contributed by atoms with Gasteiger partial charge in [-0.1, -0.05) is 51.9 Å². The van der Waals surface area contributed by atoms with Crippen LogP contribution in [0.1, 0.15) is 63.9 Å². The van der Waals surface area contributed by atoms with Gasteiger partial charge in [0.2, 0.25) is 0 Å². The Balaban J connectivity index is 1.69. The summed E-state index contributed by atoms with van der Waals surface area (Å²) in [6.07, 6.45) is 11.7. The van der Waals surface area contributed by atoms with Crippen molar-refractivity contribution in [2.45, 2.75) is 64.7 Å². The molecule has 24 heavy (non-hydrogen) atoms. The predicted molar refractivity (Wildman–Crippen MR) is 95.7 cm³/mol. The van der Waals surface area contributed by atoms with Gasteiger partial charge in [-0.05, 0) is 18.6 Å². The molecule has 132 valence electrons. The molecule has 2 aromatic rings. The first-order valence-electron chi connectivity index (χ1n) is 9.05. The first-order valence-corrected chi connectivity index (χ1v) is 9.05. The van der Waals surface area contributed by atoms with E-state index in [0.29, 0.717) is 17.8 Å². The van der Waals surface area contributed by atoms with Crippen molar-refractivity contribution in [2.75, 3.05) is 6.61 Å². The summed E-state index contributed by atoms with van der Waals surface area (Å²) in [6.45, 7) is 2.95. The second kappa shape index (κ2) is 10.0. The first kappa shape index (κ1) is 18.4. The third-order valence-electron chi connectivity index (χ3n) is 4.24. The van der Waals surface area contributed by atoms with Crippen molar-refractivity contribution in [1.82, 2.24) is 0 Å². The van der Waals surface area contributed by atoms with Crippen molar-refractivity contribution >= 4 is 16.9 Å². The first-order chi connectivity index (χ1) is 11.7. The number of rotatable bonds is 12. The molecule has 2 rings (SSSR count). The van der Waals surface area contributed by atoms with Crippen molar-refractivity contribution in [3.05, 3.63) is 30.0 Å². The third-order valence-corrected chi connectivity index (χ3v) is 4.24. The Morgan fingerprint density at radius 2 is 1.79 bits per heavy atom. The van der Waals surface area contributed by atoms with E-state index in [1.54, 1.807) is 0 Å². The average Bonchev–Trinajstić information content (AvgIpc) is 2.95. The number of hydrogen-bond acceptors (Lipinski definition) is 3. The molecule has 1 N–H and O–H groups in total. The highest BCUT2D eigenvalue weighted by molar-refractivity contribution is 5.86. The zero-order chi connectivity index (χ0) is 17.2. The highest BCUT2D eigenvalue weighted by atomic mass is 16.5. The molecule has 0 saturated heterocycles. The molecule has 0 saturated carbocycles. The van der Waals surface area contributed by atoms with Crippen molar-refractivity contribution in [2.24, 2.45) is 0 Å². The lowest BCUT2D eigenvalue weighted by Crippen LogP contribution is -1.99. The summed E-state index contributed by atoms with van der Waals surface area (Å²) in [5, 5.41) is 9.72. The summed E-state index contributed by atoms with van der Waals surface area (Å²) in [7, 11) is 0. The minimum Gasteiger partial charge on any atom is -0.493 e. The van der Waals surface area contributed by atoms with Gasteiger partial charge in [0.05, 0.1) is 19.3 Å². The number of unbranched alkanes of at least 4 members (excludes halogenated alkanes) is 7. The van der Waals surface area contributed by atoms with Crippen LogP contribution >= 0.6 is 0 Å². The summed E-state index contributed by atoms with van der Waals surface area (Å²) in [5.41, 5.74) is 1.38. The lowest BCUT2D eigenvalue weighted by Gasteiger charge is -2.06. The number of carboxylic acids is 1. The van der Waals surface area contributed by atoms with Crippen molar-refractivity contribution in [3.63, 3.8) is 0 Å². The van der Waals surface area contributed by atoms with Crippen LogP contribution in [0.4, 0.5) is 0 Å². The molecule has 0 unspecified atom stereocenters. The Hall–Kier alpha value is -1.97. The fourth-order valence-electron chi connectivity index (χ4n) is 2.88. The molecule has 0 aliphatic heterocycles. The van der Waals surface area contributed by atoms with E-state index in [9.17, 15) is 4.79 Å². The van der Waals surface area contributed by atoms with E-state index in [1.165, 1.54) is 51.2 Å². The van der Waals surface area contributed by atoms with Gasteiger partial charge in [-0.15, -0.1) is 0 Å². The third kappa shape index (κ3) is 5.91. The number of benzene rings is 1. The van der Waals surface area contributed by atoms with E-state index in [2.05, 4.69) is 6.92 Å². The zero-order valence-electron chi connectivity index (χ0n) is 14.6. The molecule has 4 nitrogen and oxygen atoms in total. The van der Waals surface area contributed by atoms with Gasteiger partial charge in [-0.2, -0.15) is 0 Å². The van der Waals surface area contributed by atoms with E-state index in [0.717, 1.165) is 17.6 Å². The maximum absolute atomic E-state index is 10.8. The minimum atomic E-state index is -0.854. The van der Waals surface area contributed by atoms with Gasteiger partial charge in [0.25, 0.3) is 0 Å². The van der Waals surface area contributed by atoms with Gasteiger partial charge in [0.1, 0.15) is 11.3 Å². The van der Waals surface area contributed by atoms with Gasteiger partial charge in [-0.3, -0.25) is 4.79 Å². The Labute approximate surface area is 143 Å². The van der Waals surface area contributed by atoms with Crippen molar-refractivity contribution in [1.29, 1.82) is 0 Å². The molecule has 4 heteroatoms. The summed E-state index contributed by atoms with van der Waals surface area (Å²) in [6, 6.07) is 5.60. The van der Waals surface area contributed by atoms with Crippen LogP contribution in [-0.2, 0) is 11.2 Å². The van der Waals surface area contributed by atoms with Crippen LogP contribution in [0, 0.1) is 0 Å². The predicted octanol–water partition coefficient (Wildman–Crippen LogP) is 5.58. The molecule has 0 fully saturated rings. The van der Waals surface area contributed by atoms with E-state index in [4.69, 9.17) is 14.3 Å². The van der Waals surface area contributed by atoms with Crippen molar-refractivity contribution in [3.8, 4) is 5.75 Å². The van der Waals surface area contributed by atoms with Gasteiger partial charge in [0.15, 0.2) is 0 Å². The monoisotopic (exact) mass is 332 g/mol. The maximum atomic E-state index is 10.8. The number of carbonyl (C=O) groups is 1. The number of furan rings is 1. The average molecular weight is 332 g/mol. The standard InChI is InChI=1S/C20H28O4/c1-2-3-4-5-6-7-8-9-12-23-17-10-11-18-16(13-20(21)22)15-24-19(18)14-17/h10-11,14-15H,2-9,12-13H2,1H3,(H,21,22). The zero-order valence-corrected chi connectivity index (χ0v) is 14.6. The summed E-state index contributed by atoms with van der Waals surface area (Å²) in [5.74, 6) is -0.0746. The van der Waals surface area contributed by atoms with Gasteiger partial charge in [-0.25, -0.2) is 0 Å². The topological polar surface area (TPSA) is 59.7 Å². The SMILES string of the molecule is CCCCCCCCCCOc1ccc2c(CC(=O)O)coc2c1. The van der Waals surface area contributed by atoms with Crippen LogP contribution in [0.2, 0.25) is 0 Å². The number of aliphatic carboxylic acids is 1. The van der Waals surface area contributed by atoms with Crippen LogP contribution < -0.4 is 4.74 Å². The quantitative estimate of drug-likeness (QED) is 0.515. The smallest absolute Gasteiger partial charge is 0.307 e. The molecule has 0 aliphatic rings. The fraction of sp³-hybridized carbons (Fsp3) is 0.550. The maximum Gasteiger partial charge on any atom is 0.307 e. The normalized spacial score (nSPS) is 11.0. The molecule has 0 aliphatic carbocycles. The molecular weight excluding hydrogens is 304 g/mol. The molecule has 0 radical (unpaired) electrons. The second-order valence-corrected chi connectivity index (χ2v) is 6.31. The summed E-state index contributed by atoms with van der Waals surface area (Å²) < 4.78 is 11.2. The van der Waals surface area contributed by atoms with Gasteiger partial charge >= 0.3 is 5.97 Å². The number of hydrogen-bond donors (Lipinski definition) is 1. The summed E-state index contributed by atoms with van der Waals surface area (Å²) in [4.78, 5) is 10.8. The molecule has 1 aromatic carbocycles. The summed E-state index contributed by atoms with van der Waals surface area (Å²) >= 11 is 0. The van der Waals surface area contributed by atoms with Crippen LogP contribution in [0.25, 0.3) is 11.0 Å². The minimum absolute atomic E-state index is 0.0224. The van der Waals surface area contributed by atoms with Crippen molar-refractivity contribution < 1.29 is 19.1 Å². The molecule has 1 heterocycles. The Kier molecular flexibility index (Phi) is 7.66. The molecule has 1 aromatic heterocycles. The Morgan fingerprint density at radius 3 is 2.50 bits per heavy atom. The number of carboxylic acid groups (broad SMARTS) is 1.